The standard InChI is InChI=1S/C17H14ClNO3/c1-9-15(12-5-3-2-4-10(12)8-19)17(21)16-13(18)6-11(20)7-14(16)22-9/h2-7,20H,8,19H2,1H3. The van der Waals surface area contributed by atoms with Gasteiger partial charge in [-0.25, -0.2) is 0 Å². The number of phenols is 1. The highest BCUT2D eigenvalue weighted by Crippen LogP contribution is 2.31. The largest absolute Gasteiger partial charge is 0.508 e. The average Bonchev–Trinajstić information content (AvgIpc) is 2.46. The third-order valence-corrected chi connectivity index (χ3v) is 3.91. The molecule has 0 unspecified atom stereocenters. The molecule has 1 aromatic heterocycles. The summed E-state index contributed by atoms with van der Waals surface area (Å²) in [5.74, 6) is 0.412. The van der Waals surface area contributed by atoms with Crippen LogP contribution in [-0.4, -0.2) is 5.11 Å². The maximum absolute atomic E-state index is 12.9. The summed E-state index contributed by atoms with van der Waals surface area (Å²) in [6, 6.07) is 10.1. The molecule has 3 aromatic rings. The van der Waals surface area contributed by atoms with Crippen LogP contribution in [0.4, 0.5) is 0 Å². The second kappa shape index (κ2) is 5.48. The molecule has 2 aromatic carbocycles. The molecular formula is C17H14ClNO3. The lowest BCUT2D eigenvalue weighted by atomic mass is 9.97. The summed E-state index contributed by atoms with van der Waals surface area (Å²) in [5, 5.41) is 10.0. The predicted molar refractivity (Wildman–Crippen MR) is 87.2 cm³/mol. The topological polar surface area (TPSA) is 76.5 Å². The van der Waals surface area contributed by atoms with Crippen molar-refractivity contribution in [3.05, 3.63) is 63.0 Å². The number of rotatable bonds is 2. The summed E-state index contributed by atoms with van der Waals surface area (Å²) < 4.78 is 5.70. The molecule has 0 atom stereocenters. The van der Waals surface area contributed by atoms with Gasteiger partial charge >= 0.3 is 0 Å². The molecule has 112 valence electrons. The smallest absolute Gasteiger partial charge is 0.202 e. The van der Waals surface area contributed by atoms with Gasteiger partial charge < -0.3 is 15.3 Å². The van der Waals surface area contributed by atoms with Crippen molar-refractivity contribution in [2.75, 3.05) is 0 Å². The molecule has 5 heteroatoms. The second-order valence-electron chi connectivity index (χ2n) is 5.02. The summed E-state index contributed by atoms with van der Waals surface area (Å²) in [4.78, 5) is 12.9. The van der Waals surface area contributed by atoms with Gasteiger partial charge in [0.1, 0.15) is 17.1 Å². The van der Waals surface area contributed by atoms with Crippen molar-refractivity contribution in [3.8, 4) is 16.9 Å². The van der Waals surface area contributed by atoms with Gasteiger partial charge in [0.15, 0.2) is 0 Å². The number of phenolic OH excluding ortho intramolecular Hbond substituents is 1. The highest BCUT2D eigenvalue weighted by Gasteiger charge is 2.18. The average molecular weight is 316 g/mol. The first-order chi connectivity index (χ1) is 10.5. The Morgan fingerprint density at radius 3 is 2.73 bits per heavy atom. The number of benzene rings is 2. The van der Waals surface area contributed by atoms with E-state index < -0.39 is 0 Å². The van der Waals surface area contributed by atoms with Crippen LogP contribution in [0.5, 0.6) is 5.75 Å². The zero-order chi connectivity index (χ0) is 15.9. The summed E-state index contributed by atoms with van der Waals surface area (Å²) in [6.45, 7) is 2.03. The molecule has 0 saturated heterocycles. The Morgan fingerprint density at radius 1 is 1.27 bits per heavy atom. The fourth-order valence-corrected chi connectivity index (χ4v) is 2.91. The van der Waals surface area contributed by atoms with E-state index >= 15 is 0 Å². The van der Waals surface area contributed by atoms with Crippen molar-refractivity contribution >= 4 is 22.6 Å². The van der Waals surface area contributed by atoms with Crippen LogP contribution in [0.2, 0.25) is 5.02 Å². The third-order valence-electron chi connectivity index (χ3n) is 3.61. The van der Waals surface area contributed by atoms with E-state index in [2.05, 4.69) is 0 Å². The molecule has 0 amide bonds. The Bertz CT molecular complexity index is 931. The van der Waals surface area contributed by atoms with Gasteiger partial charge in [-0.2, -0.15) is 0 Å². The van der Waals surface area contributed by atoms with Crippen molar-refractivity contribution < 1.29 is 9.52 Å². The Kier molecular flexibility index (Phi) is 3.64. The van der Waals surface area contributed by atoms with Gasteiger partial charge in [-0.05, 0) is 24.1 Å². The van der Waals surface area contributed by atoms with Gasteiger partial charge in [0, 0.05) is 12.6 Å². The third kappa shape index (κ3) is 2.26. The Morgan fingerprint density at radius 2 is 2.00 bits per heavy atom. The molecule has 0 aliphatic rings. The lowest BCUT2D eigenvalue weighted by Crippen LogP contribution is -2.10. The lowest BCUT2D eigenvalue weighted by Gasteiger charge is -2.11. The van der Waals surface area contributed by atoms with E-state index in [4.69, 9.17) is 21.8 Å². The van der Waals surface area contributed by atoms with Gasteiger partial charge in [-0.15, -0.1) is 0 Å². The van der Waals surface area contributed by atoms with E-state index in [1.54, 1.807) is 6.92 Å². The summed E-state index contributed by atoms with van der Waals surface area (Å²) >= 11 is 6.11. The molecule has 22 heavy (non-hydrogen) atoms. The first-order valence-electron chi connectivity index (χ1n) is 6.77. The summed E-state index contributed by atoms with van der Waals surface area (Å²) in [6.07, 6.45) is 0. The van der Waals surface area contributed by atoms with E-state index in [0.29, 0.717) is 17.9 Å². The Hall–Kier alpha value is -2.30. The van der Waals surface area contributed by atoms with Crippen molar-refractivity contribution in [1.82, 2.24) is 0 Å². The minimum Gasteiger partial charge on any atom is -0.508 e. The molecule has 0 aliphatic carbocycles. The normalized spacial score (nSPS) is 11.0. The molecule has 1 heterocycles. The highest BCUT2D eigenvalue weighted by atomic mass is 35.5. The predicted octanol–water partition coefficient (Wildman–Crippen LogP) is 3.59. The second-order valence-corrected chi connectivity index (χ2v) is 5.43. The number of aromatic hydroxyl groups is 1. The van der Waals surface area contributed by atoms with E-state index in [0.717, 1.165) is 11.1 Å². The molecule has 0 spiro atoms. The van der Waals surface area contributed by atoms with Crippen LogP contribution in [-0.2, 0) is 6.54 Å². The maximum atomic E-state index is 12.9. The van der Waals surface area contributed by atoms with Crippen molar-refractivity contribution in [2.24, 2.45) is 5.73 Å². The number of fused-ring (bicyclic) bond motifs is 1. The van der Waals surface area contributed by atoms with E-state index in [1.807, 2.05) is 24.3 Å². The van der Waals surface area contributed by atoms with Crippen LogP contribution >= 0.6 is 11.6 Å². The molecule has 0 fully saturated rings. The number of hydrogen-bond acceptors (Lipinski definition) is 4. The van der Waals surface area contributed by atoms with E-state index in [-0.39, 0.29) is 27.2 Å². The summed E-state index contributed by atoms with van der Waals surface area (Å²) in [7, 11) is 0. The lowest BCUT2D eigenvalue weighted by molar-refractivity contribution is 0.473. The zero-order valence-corrected chi connectivity index (χ0v) is 12.6. The van der Waals surface area contributed by atoms with Crippen molar-refractivity contribution in [1.29, 1.82) is 0 Å². The van der Waals surface area contributed by atoms with Gasteiger partial charge in [0.05, 0.1) is 16.0 Å². The Labute approximate surface area is 131 Å². The maximum Gasteiger partial charge on any atom is 0.202 e. The molecule has 0 aliphatic heterocycles. The van der Waals surface area contributed by atoms with Gasteiger partial charge in [0.25, 0.3) is 0 Å². The monoisotopic (exact) mass is 315 g/mol. The molecule has 3 N–H and O–H groups in total. The minimum atomic E-state index is -0.232. The quantitative estimate of drug-likeness (QED) is 0.757. The first kappa shape index (κ1) is 14.6. The van der Waals surface area contributed by atoms with Crippen LogP contribution in [0.3, 0.4) is 0 Å². The van der Waals surface area contributed by atoms with E-state index in [9.17, 15) is 9.90 Å². The molecule has 0 saturated carbocycles. The fourth-order valence-electron chi connectivity index (χ4n) is 2.62. The number of nitrogens with two attached hydrogens (primary N) is 1. The minimum absolute atomic E-state index is 0.0461. The van der Waals surface area contributed by atoms with Crippen LogP contribution in [0.15, 0.2) is 45.6 Å². The SMILES string of the molecule is Cc1oc2cc(O)cc(Cl)c2c(=O)c1-c1ccccc1CN. The summed E-state index contributed by atoms with van der Waals surface area (Å²) in [5.41, 5.74) is 7.83. The molecule has 4 nitrogen and oxygen atoms in total. The fraction of sp³-hybridized carbons (Fsp3) is 0.118. The number of hydrogen-bond donors (Lipinski definition) is 2. The van der Waals surface area contributed by atoms with Crippen molar-refractivity contribution in [3.63, 3.8) is 0 Å². The highest BCUT2D eigenvalue weighted by molar-refractivity contribution is 6.35. The van der Waals surface area contributed by atoms with Gasteiger partial charge in [-0.3, -0.25) is 4.79 Å². The van der Waals surface area contributed by atoms with Crippen LogP contribution in [0.25, 0.3) is 22.1 Å². The van der Waals surface area contributed by atoms with Crippen LogP contribution in [0, 0.1) is 6.92 Å². The molecule has 0 bridgehead atoms. The van der Waals surface area contributed by atoms with Gasteiger partial charge in [-0.1, -0.05) is 35.9 Å². The van der Waals surface area contributed by atoms with E-state index in [1.165, 1.54) is 12.1 Å². The number of halogens is 1. The molecule has 0 radical (unpaired) electrons. The Balaban J connectivity index is 2.43. The molecule has 3 rings (SSSR count). The van der Waals surface area contributed by atoms with Crippen LogP contribution in [0.1, 0.15) is 11.3 Å². The number of aryl methyl sites for hydroxylation is 1. The zero-order valence-electron chi connectivity index (χ0n) is 11.9. The first-order valence-corrected chi connectivity index (χ1v) is 7.15. The van der Waals surface area contributed by atoms with Gasteiger partial charge in [0.2, 0.25) is 5.43 Å². The van der Waals surface area contributed by atoms with Crippen LogP contribution < -0.4 is 11.2 Å². The van der Waals surface area contributed by atoms with Crippen molar-refractivity contribution in [2.45, 2.75) is 13.5 Å². The molecular weight excluding hydrogens is 302 g/mol.